The smallest absolute Gasteiger partial charge is 0.228 e. The third-order valence-electron chi connectivity index (χ3n) is 9.46. The fourth-order valence-corrected chi connectivity index (χ4v) is 8.62. The minimum atomic E-state index is -0.942. The number of terminal acetylenes is 1. The number of nitrogens with one attached hydrogen (secondary N) is 1. The average Bonchev–Trinajstić information content (AvgIpc) is 3.32. The zero-order valence-corrected chi connectivity index (χ0v) is 19.6. The molecule has 0 aliphatic heterocycles. The molecule has 0 amide bonds. The van der Waals surface area contributed by atoms with Crippen LogP contribution in [0, 0.1) is 40.9 Å². The van der Waals surface area contributed by atoms with Crippen LogP contribution < -0.4 is 5.32 Å². The number of aromatic nitrogens is 3. The monoisotopic (exact) mass is 446 g/mol. The van der Waals surface area contributed by atoms with Crippen LogP contribution in [0.15, 0.2) is 24.5 Å². The molecule has 2 saturated carbocycles. The highest BCUT2D eigenvalue weighted by molar-refractivity contribution is 7.15. The van der Waals surface area contributed by atoms with E-state index < -0.39 is 5.60 Å². The fraction of sp³-hybridized carbons (Fsp3) is 0.577. The fourth-order valence-electron chi connectivity index (χ4n) is 7.65. The molecule has 32 heavy (non-hydrogen) atoms. The second-order valence-corrected chi connectivity index (χ2v) is 11.7. The van der Waals surface area contributed by atoms with E-state index >= 15 is 0 Å². The van der Waals surface area contributed by atoms with E-state index in [0.717, 1.165) is 43.7 Å². The molecule has 166 valence electrons. The molecule has 6 rings (SSSR count). The minimum absolute atomic E-state index is 0.142. The Morgan fingerprint density at radius 1 is 1.16 bits per heavy atom. The molecule has 2 aromatic heterocycles. The first-order chi connectivity index (χ1) is 15.4. The predicted octanol–water partition coefficient (Wildman–Crippen LogP) is 5.22. The Balaban J connectivity index is 1.34. The molecule has 2 N–H and O–H groups in total. The van der Waals surface area contributed by atoms with Crippen LogP contribution in [0.1, 0.15) is 62.9 Å². The van der Waals surface area contributed by atoms with Crippen LogP contribution in [0.5, 0.6) is 0 Å². The number of aliphatic hydroxyl groups is 1. The largest absolute Gasteiger partial charge is 0.377 e. The van der Waals surface area contributed by atoms with Crippen molar-refractivity contribution < 1.29 is 5.11 Å². The molecule has 4 aliphatic rings. The van der Waals surface area contributed by atoms with E-state index in [2.05, 4.69) is 41.1 Å². The highest BCUT2D eigenvalue weighted by atomic mass is 32.1. The lowest BCUT2D eigenvalue weighted by Gasteiger charge is -2.57. The summed E-state index contributed by atoms with van der Waals surface area (Å²) in [4.78, 5) is 15.0. The zero-order valence-electron chi connectivity index (χ0n) is 18.8. The maximum Gasteiger partial charge on any atom is 0.228 e. The van der Waals surface area contributed by atoms with Gasteiger partial charge in [-0.1, -0.05) is 25.8 Å². The average molecular weight is 447 g/mol. The zero-order chi connectivity index (χ0) is 22.1. The van der Waals surface area contributed by atoms with Crippen molar-refractivity contribution in [2.75, 3.05) is 5.32 Å². The van der Waals surface area contributed by atoms with E-state index in [9.17, 15) is 5.11 Å². The summed E-state index contributed by atoms with van der Waals surface area (Å²) in [5.74, 6) is 5.11. The summed E-state index contributed by atoms with van der Waals surface area (Å²) < 4.78 is 0. The van der Waals surface area contributed by atoms with Crippen molar-refractivity contribution in [2.24, 2.45) is 28.6 Å². The second-order valence-electron chi connectivity index (χ2n) is 10.6. The lowest BCUT2D eigenvalue weighted by Crippen LogP contribution is -2.53. The van der Waals surface area contributed by atoms with Gasteiger partial charge in [0.25, 0.3) is 0 Å². The van der Waals surface area contributed by atoms with Crippen LogP contribution in [0.4, 0.5) is 11.1 Å². The number of thiazole rings is 1. The van der Waals surface area contributed by atoms with Crippen molar-refractivity contribution in [3.05, 3.63) is 35.1 Å². The van der Waals surface area contributed by atoms with E-state index in [0.29, 0.717) is 23.7 Å². The summed E-state index contributed by atoms with van der Waals surface area (Å²) in [6.07, 6.45) is 19.0. The van der Waals surface area contributed by atoms with Gasteiger partial charge in [0, 0.05) is 22.7 Å². The van der Waals surface area contributed by atoms with E-state index in [1.807, 2.05) is 6.07 Å². The van der Waals surface area contributed by atoms with Gasteiger partial charge in [0.15, 0.2) is 5.13 Å². The molecule has 0 aromatic carbocycles. The molecule has 0 radical (unpaired) electrons. The molecule has 0 bridgehead atoms. The van der Waals surface area contributed by atoms with Gasteiger partial charge >= 0.3 is 0 Å². The number of allylic oxidation sites excluding steroid dienone is 2. The first kappa shape index (κ1) is 20.4. The maximum absolute atomic E-state index is 11.2. The number of aryl methyl sites for hydroxylation is 1. The normalized spacial score (nSPS) is 39.7. The van der Waals surface area contributed by atoms with Gasteiger partial charge in [-0.05, 0) is 79.8 Å². The highest BCUT2D eigenvalue weighted by Crippen LogP contribution is 2.67. The van der Waals surface area contributed by atoms with Gasteiger partial charge in [0.05, 0.1) is 5.69 Å². The summed E-state index contributed by atoms with van der Waals surface area (Å²) in [7, 11) is 0. The van der Waals surface area contributed by atoms with E-state index in [4.69, 9.17) is 11.4 Å². The number of fused-ring (bicyclic) bond motifs is 7. The van der Waals surface area contributed by atoms with Gasteiger partial charge in [-0.25, -0.2) is 15.0 Å². The summed E-state index contributed by atoms with van der Waals surface area (Å²) in [6.45, 7) is 4.72. The van der Waals surface area contributed by atoms with E-state index in [-0.39, 0.29) is 10.8 Å². The molecular weight excluding hydrogens is 416 g/mol. The van der Waals surface area contributed by atoms with Crippen LogP contribution in [-0.2, 0) is 6.42 Å². The summed E-state index contributed by atoms with van der Waals surface area (Å²) in [6, 6.07) is 1.82. The Labute approximate surface area is 193 Å². The third-order valence-corrected chi connectivity index (χ3v) is 10.5. The molecule has 4 aliphatic carbocycles. The van der Waals surface area contributed by atoms with E-state index in [1.165, 1.54) is 22.6 Å². The summed E-state index contributed by atoms with van der Waals surface area (Å²) in [5, 5.41) is 15.4. The number of rotatable bonds is 2. The molecule has 6 heteroatoms. The van der Waals surface area contributed by atoms with Crippen LogP contribution in [0.3, 0.4) is 0 Å². The van der Waals surface area contributed by atoms with Gasteiger partial charge in [-0.2, -0.15) is 0 Å². The van der Waals surface area contributed by atoms with Crippen molar-refractivity contribution in [1.29, 1.82) is 0 Å². The van der Waals surface area contributed by atoms with Crippen molar-refractivity contribution in [1.82, 2.24) is 15.0 Å². The van der Waals surface area contributed by atoms with Gasteiger partial charge in [-0.15, -0.1) is 17.8 Å². The Morgan fingerprint density at radius 2 is 1.94 bits per heavy atom. The minimum Gasteiger partial charge on any atom is -0.377 e. The third kappa shape index (κ3) is 2.64. The number of hydrogen-bond acceptors (Lipinski definition) is 6. The van der Waals surface area contributed by atoms with Gasteiger partial charge in [0.2, 0.25) is 5.95 Å². The van der Waals surface area contributed by atoms with Crippen LogP contribution in [0.2, 0.25) is 0 Å². The Morgan fingerprint density at radius 3 is 2.72 bits per heavy atom. The van der Waals surface area contributed by atoms with Crippen LogP contribution in [0.25, 0.3) is 5.57 Å². The second kappa shape index (κ2) is 6.88. The standard InChI is InChI=1S/C26H30N4OS/c1-4-26(31)13-9-18-16-6-7-19-21-20(32-23(29-21)30-22-27-14-5-15-28-22)10-11-24(19,2)17(16)8-12-25(18,26)3/h1,5,7,14-18,31H,6,8-13H2,2-3H3,(H,27,28,29,30)/t16-,17+,18+,24-,25+,26+/m1/s1. The van der Waals surface area contributed by atoms with Crippen LogP contribution in [-0.4, -0.2) is 25.7 Å². The Bertz CT molecular complexity index is 1140. The molecule has 0 saturated heterocycles. The highest BCUT2D eigenvalue weighted by Gasteiger charge is 2.63. The molecular formula is C26H30N4OS. The quantitative estimate of drug-likeness (QED) is 0.619. The first-order valence-corrected chi connectivity index (χ1v) is 12.6. The molecule has 0 spiro atoms. The predicted molar refractivity (Wildman–Crippen MR) is 127 cm³/mol. The number of nitrogens with zero attached hydrogens (tertiary/aromatic N) is 3. The topological polar surface area (TPSA) is 70.9 Å². The first-order valence-electron chi connectivity index (χ1n) is 11.8. The lowest BCUT2D eigenvalue weighted by molar-refractivity contribution is -0.0887. The molecule has 2 heterocycles. The molecule has 0 unspecified atom stereocenters. The number of anilines is 2. The van der Waals surface area contributed by atoms with Crippen molar-refractivity contribution in [2.45, 2.75) is 64.4 Å². The van der Waals surface area contributed by atoms with Gasteiger partial charge in [0.1, 0.15) is 5.60 Å². The van der Waals surface area contributed by atoms with Gasteiger partial charge < -0.3 is 10.4 Å². The summed E-state index contributed by atoms with van der Waals surface area (Å²) >= 11 is 1.73. The van der Waals surface area contributed by atoms with Crippen LogP contribution >= 0.6 is 11.3 Å². The van der Waals surface area contributed by atoms with Crippen molar-refractivity contribution in [3.63, 3.8) is 0 Å². The Hall–Kier alpha value is -2.23. The molecule has 2 aromatic rings. The van der Waals surface area contributed by atoms with Crippen molar-refractivity contribution >= 4 is 28.0 Å². The molecule has 5 nitrogen and oxygen atoms in total. The molecule has 2 fully saturated rings. The number of hydrogen-bond donors (Lipinski definition) is 2. The van der Waals surface area contributed by atoms with Crippen molar-refractivity contribution in [3.8, 4) is 12.3 Å². The SMILES string of the molecule is C#C[C@]1(O)CC[C@H]2[C@@H]3CC=C4c5nc(Nc6ncccn6)sc5CC[C@]4(C)[C@H]3CC[C@@]21C. The summed E-state index contributed by atoms with van der Waals surface area (Å²) in [5.41, 5.74) is 1.66. The molecule has 6 atom stereocenters. The van der Waals surface area contributed by atoms with E-state index in [1.54, 1.807) is 23.7 Å². The maximum atomic E-state index is 11.2. The Kier molecular flexibility index (Phi) is 4.38. The lowest BCUT2D eigenvalue weighted by atomic mass is 9.47. The van der Waals surface area contributed by atoms with Gasteiger partial charge in [-0.3, -0.25) is 0 Å².